The third kappa shape index (κ3) is 3.03. The van der Waals surface area contributed by atoms with Crippen LogP contribution in [-0.2, 0) is 9.09 Å². The Morgan fingerprint density at radius 3 is 2.90 bits per heavy atom. The van der Waals surface area contributed by atoms with Crippen LogP contribution in [0, 0.1) is 0 Å². The van der Waals surface area contributed by atoms with Crippen molar-refractivity contribution in [2.24, 2.45) is 0 Å². The number of aromatic carboxylic acids is 1. The first-order valence-electron chi connectivity index (χ1n) is 5.96. The highest BCUT2D eigenvalue weighted by molar-refractivity contribution is 7.39. The summed E-state index contributed by atoms with van der Waals surface area (Å²) in [5.41, 5.74) is 0.753. The SMILES string of the molecule is CCO[PH](=O)C(F)c1cnc2ccc(C(=O)O)cc2c1. The quantitative estimate of drug-likeness (QED) is 0.856. The Balaban J connectivity index is 2.41. The van der Waals surface area contributed by atoms with Crippen LogP contribution < -0.4 is 0 Å². The first kappa shape index (κ1) is 14.6. The molecular weight excluding hydrogens is 284 g/mol. The van der Waals surface area contributed by atoms with Crippen LogP contribution in [0.3, 0.4) is 0 Å². The van der Waals surface area contributed by atoms with E-state index in [9.17, 15) is 13.8 Å². The molecule has 2 rings (SSSR count). The van der Waals surface area contributed by atoms with E-state index in [4.69, 9.17) is 9.63 Å². The molecule has 0 saturated carbocycles. The number of hydrogen-bond acceptors (Lipinski definition) is 4. The van der Waals surface area contributed by atoms with Gasteiger partial charge in [-0.15, -0.1) is 0 Å². The second-order valence-electron chi connectivity index (χ2n) is 4.10. The van der Waals surface area contributed by atoms with E-state index in [0.29, 0.717) is 10.9 Å². The number of carboxylic acids is 1. The predicted octanol–water partition coefficient (Wildman–Crippen LogP) is 3.41. The minimum Gasteiger partial charge on any atom is -0.478 e. The highest BCUT2D eigenvalue weighted by Crippen LogP contribution is 2.43. The van der Waals surface area contributed by atoms with Gasteiger partial charge in [-0.25, -0.2) is 9.18 Å². The number of pyridine rings is 1. The van der Waals surface area contributed by atoms with Crippen LogP contribution in [0.1, 0.15) is 28.8 Å². The number of alkyl halides is 1. The molecule has 1 N–H and O–H groups in total. The molecule has 1 aromatic heterocycles. The van der Waals surface area contributed by atoms with Crippen molar-refractivity contribution in [3.05, 3.63) is 41.6 Å². The van der Waals surface area contributed by atoms with Crippen molar-refractivity contribution in [3.8, 4) is 0 Å². The average molecular weight is 297 g/mol. The van der Waals surface area contributed by atoms with Gasteiger partial charge in [-0.3, -0.25) is 9.55 Å². The molecule has 2 aromatic rings. The van der Waals surface area contributed by atoms with Gasteiger partial charge in [0, 0.05) is 17.1 Å². The summed E-state index contributed by atoms with van der Waals surface area (Å²) < 4.78 is 30.3. The molecule has 0 saturated heterocycles. The Hall–Kier alpha value is -1.78. The number of halogens is 1. The molecule has 1 heterocycles. The topological polar surface area (TPSA) is 76.5 Å². The van der Waals surface area contributed by atoms with Gasteiger partial charge in [-0.2, -0.15) is 0 Å². The summed E-state index contributed by atoms with van der Waals surface area (Å²) in [6.07, 6.45) is 1.29. The van der Waals surface area contributed by atoms with E-state index in [1.807, 2.05) is 0 Å². The molecule has 5 nitrogen and oxygen atoms in total. The van der Waals surface area contributed by atoms with Gasteiger partial charge in [0.05, 0.1) is 17.7 Å². The normalized spacial score (nSPS) is 14.1. The Kier molecular flexibility index (Phi) is 4.47. The molecular formula is C13H13FNO4P. The molecule has 0 spiro atoms. The van der Waals surface area contributed by atoms with E-state index in [2.05, 4.69) is 4.98 Å². The number of hydrogen-bond donors (Lipinski definition) is 1. The largest absolute Gasteiger partial charge is 0.478 e. The summed E-state index contributed by atoms with van der Waals surface area (Å²) in [7, 11) is -2.84. The van der Waals surface area contributed by atoms with Crippen molar-refractivity contribution in [2.45, 2.75) is 12.8 Å². The van der Waals surface area contributed by atoms with E-state index < -0.39 is 19.9 Å². The van der Waals surface area contributed by atoms with Crippen LogP contribution in [0.5, 0.6) is 0 Å². The van der Waals surface area contributed by atoms with E-state index in [1.165, 1.54) is 24.4 Å². The summed E-state index contributed by atoms with van der Waals surface area (Å²) >= 11 is 0. The van der Waals surface area contributed by atoms with Gasteiger partial charge < -0.3 is 9.63 Å². The monoisotopic (exact) mass is 297 g/mol. The molecule has 7 heteroatoms. The van der Waals surface area contributed by atoms with Crippen molar-refractivity contribution in [1.29, 1.82) is 0 Å². The lowest BCUT2D eigenvalue weighted by molar-refractivity contribution is 0.0697. The lowest BCUT2D eigenvalue weighted by Crippen LogP contribution is -1.97. The summed E-state index contributed by atoms with van der Waals surface area (Å²) in [5.74, 6) is -2.82. The Morgan fingerprint density at radius 1 is 1.50 bits per heavy atom. The summed E-state index contributed by atoms with van der Waals surface area (Å²) in [6, 6.07) is 5.81. The fourth-order valence-electron chi connectivity index (χ4n) is 1.77. The zero-order valence-corrected chi connectivity index (χ0v) is 11.7. The van der Waals surface area contributed by atoms with Gasteiger partial charge >= 0.3 is 5.97 Å². The van der Waals surface area contributed by atoms with Crippen LogP contribution >= 0.6 is 8.03 Å². The fraction of sp³-hybridized carbons (Fsp3) is 0.231. The zero-order chi connectivity index (χ0) is 14.7. The Bertz CT molecular complexity index is 676. The van der Waals surface area contributed by atoms with Crippen LogP contribution in [-0.4, -0.2) is 22.7 Å². The maximum atomic E-state index is 14.0. The van der Waals surface area contributed by atoms with Crippen LogP contribution in [0.25, 0.3) is 10.9 Å². The van der Waals surface area contributed by atoms with E-state index in [-0.39, 0.29) is 17.7 Å². The highest BCUT2D eigenvalue weighted by Gasteiger charge is 2.19. The third-order valence-corrected chi connectivity index (χ3v) is 4.06. The fourth-order valence-corrected chi connectivity index (χ4v) is 2.63. The standard InChI is InChI=1S/C13H13FNO4P/c1-2-19-20(18)12(14)10-6-9-5-8(13(16)17)3-4-11(9)15-7-10/h3-7,12,20H,2H2,1H3,(H,16,17). The molecule has 0 aliphatic heterocycles. The van der Waals surface area contributed by atoms with Crippen LogP contribution in [0.15, 0.2) is 30.5 Å². The van der Waals surface area contributed by atoms with E-state index in [1.54, 1.807) is 13.0 Å². The Morgan fingerprint density at radius 2 is 2.25 bits per heavy atom. The van der Waals surface area contributed by atoms with Gasteiger partial charge in [0.1, 0.15) is 0 Å². The van der Waals surface area contributed by atoms with Gasteiger partial charge in [-0.1, -0.05) is 0 Å². The molecule has 20 heavy (non-hydrogen) atoms. The van der Waals surface area contributed by atoms with Gasteiger partial charge in [0.2, 0.25) is 8.03 Å². The average Bonchev–Trinajstić information content (AvgIpc) is 2.45. The van der Waals surface area contributed by atoms with Crippen molar-refractivity contribution < 1.29 is 23.4 Å². The van der Waals surface area contributed by atoms with Crippen LogP contribution in [0.4, 0.5) is 4.39 Å². The smallest absolute Gasteiger partial charge is 0.335 e. The van der Waals surface area contributed by atoms with Gasteiger partial charge in [0.15, 0.2) is 5.91 Å². The first-order valence-corrected chi connectivity index (χ1v) is 7.36. The molecule has 0 aliphatic carbocycles. The lowest BCUT2D eigenvalue weighted by Gasteiger charge is -2.09. The van der Waals surface area contributed by atoms with Crippen molar-refractivity contribution in [3.63, 3.8) is 0 Å². The van der Waals surface area contributed by atoms with Crippen molar-refractivity contribution >= 4 is 24.9 Å². The number of nitrogens with zero attached hydrogens (tertiary/aromatic N) is 1. The maximum Gasteiger partial charge on any atom is 0.335 e. The Labute approximate surface area is 115 Å². The summed E-state index contributed by atoms with van der Waals surface area (Å²) in [5, 5.41) is 9.40. The second kappa shape index (κ2) is 6.11. The zero-order valence-electron chi connectivity index (χ0n) is 10.7. The molecule has 106 valence electrons. The molecule has 0 radical (unpaired) electrons. The number of benzene rings is 1. The number of carboxylic acid groups (broad SMARTS) is 1. The lowest BCUT2D eigenvalue weighted by atomic mass is 10.1. The van der Waals surface area contributed by atoms with Crippen LogP contribution in [0.2, 0.25) is 0 Å². The minimum absolute atomic E-state index is 0.0873. The van der Waals surface area contributed by atoms with Gasteiger partial charge in [0.25, 0.3) is 0 Å². The number of aromatic nitrogens is 1. The number of carbonyl (C=O) groups is 1. The molecule has 2 atom stereocenters. The molecule has 0 aliphatic rings. The summed E-state index contributed by atoms with van der Waals surface area (Å²) in [6.45, 7) is 1.80. The predicted molar refractivity (Wildman–Crippen MR) is 73.2 cm³/mol. The third-order valence-electron chi connectivity index (χ3n) is 2.74. The number of rotatable bonds is 5. The van der Waals surface area contributed by atoms with Crippen molar-refractivity contribution in [1.82, 2.24) is 4.98 Å². The van der Waals surface area contributed by atoms with E-state index in [0.717, 1.165) is 0 Å². The number of fused-ring (bicyclic) bond motifs is 1. The molecule has 2 unspecified atom stereocenters. The molecule has 0 amide bonds. The second-order valence-corrected chi connectivity index (χ2v) is 5.53. The summed E-state index contributed by atoms with van der Waals surface area (Å²) in [4.78, 5) is 14.9. The minimum atomic E-state index is -2.84. The first-order chi connectivity index (χ1) is 9.52. The molecule has 0 fully saturated rings. The molecule has 1 aromatic carbocycles. The van der Waals surface area contributed by atoms with E-state index >= 15 is 0 Å². The molecule has 0 bridgehead atoms. The highest BCUT2D eigenvalue weighted by atomic mass is 31.1. The van der Waals surface area contributed by atoms with Crippen molar-refractivity contribution in [2.75, 3.05) is 6.61 Å². The van der Waals surface area contributed by atoms with Gasteiger partial charge in [-0.05, 0) is 31.2 Å². The maximum absolute atomic E-state index is 14.0.